The van der Waals surface area contributed by atoms with Gasteiger partial charge in [0, 0.05) is 13.1 Å². The van der Waals surface area contributed by atoms with Crippen LogP contribution in [0.2, 0.25) is 0 Å². The molecular weight excluding hydrogens is 191 g/mol. The van der Waals surface area contributed by atoms with Crippen molar-refractivity contribution in [2.75, 3.05) is 19.7 Å². The molecule has 0 aromatic carbocycles. The van der Waals surface area contributed by atoms with E-state index in [2.05, 4.69) is 10.1 Å². The first-order chi connectivity index (χ1) is 5.92. The van der Waals surface area contributed by atoms with Crippen LogP contribution in [0.3, 0.4) is 0 Å². The van der Waals surface area contributed by atoms with Gasteiger partial charge in [-0.3, -0.25) is 9.53 Å². The summed E-state index contributed by atoms with van der Waals surface area (Å²) in [4.78, 5) is 9.94. The van der Waals surface area contributed by atoms with Crippen molar-refractivity contribution >= 4 is 5.97 Å². The summed E-state index contributed by atoms with van der Waals surface area (Å²) in [6.45, 7) is -0.396. The molecule has 0 aliphatic rings. The van der Waals surface area contributed by atoms with Crippen LogP contribution >= 0.6 is 0 Å². The molecule has 13 heavy (non-hydrogen) atoms. The number of aliphatic carboxylic acids is 1. The van der Waals surface area contributed by atoms with Crippen LogP contribution in [0.15, 0.2) is 0 Å². The summed E-state index contributed by atoms with van der Waals surface area (Å²) in [6, 6.07) is 0. The van der Waals surface area contributed by atoms with Crippen molar-refractivity contribution in [3.63, 3.8) is 0 Å². The van der Waals surface area contributed by atoms with Gasteiger partial charge in [0.2, 0.25) is 0 Å². The summed E-state index contributed by atoms with van der Waals surface area (Å²) >= 11 is 0. The number of ether oxygens (including phenoxy) is 1. The first kappa shape index (κ1) is 12.2. The van der Waals surface area contributed by atoms with Gasteiger partial charge >= 0.3 is 12.3 Å². The van der Waals surface area contributed by atoms with E-state index in [1.54, 1.807) is 0 Å². The Labute approximate surface area is 72.7 Å². The number of hydrogen-bond acceptors (Lipinski definition) is 3. The van der Waals surface area contributed by atoms with Gasteiger partial charge in [0.05, 0.1) is 13.0 Å². The highest BCUT2D eigenvalue weighted by Crippen LogP contribution is 2.14. The minimum absolute atomic E-state index is 0.0210. The summed E-state index contributed by atoms with van der Waals surface area (Å²) in [5.41, 5.74) is 0. The van der Waals surface area contributed by atoms with Gasteiger partial charge in [-0.2, -0.15) is 0 Å². The third-order valence-electron chi connectivity index (χ3n) is 1.06. The number of alkyl halides is 3. The Balaban J connectivity index is 3.13. The lowest BCUT2D eigenvalue weighted by atomic mass is 10.4. The summed E-state index contributed by atoms with van der Waals surface area (Å²) in [5, 5.41) is 10.6. The molecule has 0 aromatic heterocycles. The fraction of sp³-hybridized carbons (Fsp3) is 0.833. The Hall–Kier alpha value is -0.820. The molecule has 0 saturated heterocycles. The van der Waals surface area contributed by atoms with Gasteiger partial charge in [-0.15, -0.1) is 13.2 Å². The summed E-state index contributed by atoms with van der Waals surface area (Å²) in [6.07, 6.45) is -4.74. The second-order valence-corrected chi connectivity index (χ2v) is 2.19. The van der Waals surface area contributed by atoms with E-state index < -0.39 is 18.9 Å². The Morgan fingerprint density at radius 3 is 2.46 bits per heavy atom. The summed E-state index contributed by atoms with van der Waals surface area (Å²) < 4.78 is 37.5. The molecular formula is C6H10F3NO3. The van der Waals surface area contributed by atoms with Crippen molar-refractivity contribution in [2.45, 2.75) is 12.8 Å². The zero-order chi connectivity index (χ0) is 10.3. The molecule has 2 N–H and O–H groups in total. The van der Waals surface area contributed by atoms with Gasteiger partial charge in [0.25, 0.3) is 0 Å². The van der Waals surface area contributed by atoms with Gasteiger partial charge in [-0.1, -0.05) is 0 Å². The molecule has 0 aromatic rings. The maximum atomic E-state index is 11.3. The zero-order valence-electron chi connectivity index (χ0n) is 6.73. The topological polar surface area (TPSA) is 58.6 Å². The number of carbonyl (C=O) groups is 1. The molecule has 7 heteroatoms. The quantitative estimate of drug-likeness (QED) is 0.617. The molecule has 0 atom stereocenters. The van der Waals surface area contributed by atoms with Crippen LogP contribution in [0.5, 0.6) is 0 Å². The molecule has 0 amide bonds. The number of hydrogen-bond donors (Lipinski definition) is 2. The average molecular weight is 201 g/mol. The lowest BCUT2D eigenvalue weighted by molar-refractivity contribution is -0.323. The summed E-state index contributed by atoms with van der Waals surface area (Å²) in [5.74, 6) is -0.996. The third-order valence-corrected chi connectivity index (χ3v) is 1.06. The summed E-state index contributed by atoms with van der Waals surface area (Å²) in [7, 11) is 0. The highest BCUT2D eigenvalue weighted by molar-refractivity contribution is 5.66. The fourth-order valence-corrected chi connectivity index (χ4v) is 0.559. The Kier molecular flexibility index (Phi) is 5.40. The van der Waals surface area contributed by atoms with Gasteiger partial charge < -0.3 is 10.4 Å². The fourth-order valence-electron chi connectivity index (χ4n) is 0.559. The molecule has 0 rings (SSSR count). The molecule has 0 unspecified atom stereocenters. The van der Waals surface area contributed by atoms with Gasteiger partial charge in [0.1, 0.15) is 0 Å². The largest absolute Gasteiger partial charge is 0.522 e. The highest BCUT2D eigenvalue weighted by Gasteiger charge is 2.28. The molecule has 0 aliphatic heterocycles. The van der Waals surface area contributed by atoms with E-state index in [-0.39, 0.29) is 19.5 Å². The molecule has 0 heterocycles. The Morgan fingerprint density at radius 1 is 1.38 bits per heavy atom. The molecule has 0 aliphatic carbocycles. The second kappa shape index (κ2) is 5.76. The monoisotopic (exact) mass is 201 g/mol. The van der Waals surface area contributed by atoms with E-state index in [1.165, 1.54) is 0 Å². The van der Waals surface area contributed by atoms with Crippen molar-refractivity contribution in [2.24, 2.45) is 0 Å². The number of halogens is 3. The smallest absolute Gasteiger partial charge is 0.481 e. The van der Waals surface area contributed by atoms with E-state index in [4.69, 9.17) is 5.11 Å². The SMILES string of the molecule is O=C(O)CCNCCOC(F)(F)F. The van der Waals surface area contributed by atoms with Gasteiger partial charge in [-0.05, 0) is 0 Å². The van der Waals surface area contributed by atoms with Gasteiger partial charge in [0.15, 0.2) is 0 Å². The molecule has 0 radical (unpaired) electrons. The Bertz CT molecular complexity index is 160. The first-order valence-electron chi connectivity index (χ1n) is 3.55. The molecule has 78 valence electrons. The van der Waals surface area contributed by atoms with E-state index >= 15 is 0 Å². The molecule has 0 saturated carbocycles. The van der Waals surface area contributed by atoms with Crippen LogP contribution in [0, 0.1) is 0 Å². The molecule has 0 fully saturated rings. The van der Waals surface area contributed by atoms with Crippen LogP contribution in [0.4, 0.5) is 13.2 Å². The van der Waals surface area contributed by atoms with E-state index in [0.717, 1.165) is 0 Å². The van der Waals surface area contributed by atoms with Crippen LogP contribution < -0.4 is 5.32 Å². The van der Waals surface area contributed by atoms with Crippen molar-refractivity contribution in [1.82, 2.24) is 5.32 Å². The van der Waals surface area contributed by atoms with Crippen LogP contribution in [-0.4, -0.2) is 37.1 Å². The van der Waals surface area contributed by atoms with Crippen molar-refractivity contribution in [1.29, 1.82) is 0 Å². The minimum Gasteiger partial charge on any atom is -0.481 e. The number of rotatable bonds is 6. The van der Waals surface area contributed by atoms with E-state index in [1.807, 2.05) is 0 Å². The molecule has 0 spiro atoms. The van der Waals surface area contributed by atoms with Crippen molar-refractivity contribution in [3.05, 3.63) is 0 Å². The zero-order valence-corrected chi connectivity index (χ0v) is 6.73. The number of nitrogens with one attached hydrogen (secondary N) is 1. The number of carboxylic acids is 1. The lowest BCUT2D eigenvalue weighted by Gasteiger charge is -2.07. The standard InChI is InChI=1S/C6H10F3NO3/c7-6(8,9)13-4-3-10-2-1-5(11)12/h10H,1-4H2,(H,11,12). The Morgan fingerprint density at radius 2 is 2.00 bits per heavy atom. The number of carboxylic acid groups (broad SMARTS) is 1. The maximum Gasteiger partial charge on any atom is 0.522 e. The van der Waals surface area contributed by atoms with Crippen molar-refractivity contribution < 1.29 is 27.8 Å². The van der Waals surface area contributed by atoms with E-state index in [9.17, 15) is 18.0 Å². The predicted octanol–water partition coefficient (Wildman–Crippen LogP) is 0.587. The maximum absolute atomic E-state index is 11.3. The van der Waals surface area contributed by atoms with Crippen LogP contribution in [0.25, 0.3) is 0 Å². The molecule has 0 bridgehead atoms. The molecule has 4 nitrogen and oxygen atoms in total. The minimum atomic E-state index is -4.62. The first-order valence-corrected chi connectivity index (χ1v) is 3.55. The highest BCUT2D eigenvalue weighted by atomic mass is 19.4. The normalized spacial score (nSPS) is 11.6. The van der Waals surface area contributed by atoms with E-state index in [0.29, 0.717) is 0 Å². The third kappa shape index (κ3) is 11.2. The predicted molar refractivity (Wildman–Crippen MR) is 37.1 cm³/mol. The van der Waals surface area contributed by atoms with Crippen LogP contribution in [-0.2, 0) is 9.53 Å². The van der Waals surface area contributed by atoms with Crippen molar-refractivity contribution in [3.8, 4) is 0 Å². The van der Waals surface area contributed by atoms with Gasteiger partial charge in [-0.25, -0.2) is 0 Å². The second-order valence-electron chi connectivity index (χ2n) is 2.19. The average Bonchev–Trinajstić information content (AvgIpc) is 1.93. The van der Waals surface area contributed by atoms with Crippen LogP contribution in [0.1, 0.15) is 6.42 Å². The lowest BCUT2D eigenvalue weighted by Crippen LogP contribution is -2.25.